The van der Waals surface area contributed by atoms with Crippen LogP contribution in [0.1, 0.15) is 16.1 Å². The van der Waals surface area contributed by atoms with Gasteiger partial charge in [0.05, 0.1) is 5.52 Å². The molecular weight excluding hydrogens is 320 g/mol. The van der Waals surface area contributed by atoms with Crippen molar-refractivity contribution in [2.75, 3.05) is 0 Å². The quantitative estimate of drug-likeness (QED) is 0.778. The lowest BCUT2D eigenvalue weighted by molar-refractivity contribution is 0.0693. The van der Waals surface area contributed by atoms with E-state index < -0.39 is 5.97 Å². The van der Waals surface area contributed by atoms with E-state index in [1.807, 2.05) is 43.5 Å². The van der Waals surface area contributed by atoms with E-state index in [0.29, 0.717) is 11.3 Å². The Morgan fingerprint density at radius 2 is 1.90 bits per heavy atom. The second-order valence-electron chi connectivity index (χ2n) is 4.56. The van der Waals surface area contributed by atoms with Gasteiger partial charge in [0.25, 0.3) is 0 Å². The topological polar surface area (TPSA) is 54.6 Å². The molecule has 0 bridgehead atoms. The van der Waals surface area contributed by atoms with Crippen molar-refractivity contribution in [3.8, 4) is 11.4 Å². The van der Waals surface area contributed by atoms with Crippen LogP contribution in [0.5, 0.6) is 0 Å². The van der Waals surface area contributed by atoms with Gasteiger partial charge in [-0.3, -0.25) is 4.40 Å². The Bertz CT molecular complexity index is 807. The third-order valence-electron chi connectivity index (χ3n) is 3.11. The van der Waals surface area contributed by atoms with Gasteiger partial charge in [0, 0.05) is 16.2 Å². The predicted molar refractivity (Wildman–Crippen MR) is 80.0 cm³/mol. The molecule has 1 N–H and O–H groups in total. The molecule has 0 aliphatic heterocycles. The number of halogens is 1. The molecule has 0 atom stereocenters. The first-order valence-electron chi connectivity index (χ1n) is 6.04. The third-order valence-corrected chi connectivity index (χ3v) is 3.58. The van der Waals surface area contributed by atoms with Crippen LogP contribution in [0.2, 0.25) is 0 Å². The van der Waals surface area contributed by atoms with E-state index in [9.17, 15) is 9.90 Å². The normalized spacial score (nSPS) is 10.9. The van der Waals surface area contributed by atoms with E-state index in [2.05, 4.69) is 20.9 Å². The number of rotatable bonds is 2. The summed E-state index contributed by atoms with van der Waals surface area (Å²) in [4.78, 5) is 15.6. The lowest BCUT2D eigenvalue weighted by Gasteiger charge is -2.02. The maximum Gasteiger partial charge on any atom is 0.356 e. The molecule has 0 saturated carbocycles. The molecule has 0 amide bonds. The number of carboxylic acid groups (broad SMARTS) is 1. The highest BCUT2D eigenvalue weighted by Crippen LogP contribution is 2.25. The number of hydrogen-bond donors (Lipinski definition) is 1. The molecule has 0 saturated heterocycles. The maximum atomic E-state index is 11.3. The van der Waals surface area contributed by atoms with Crippen molar-refractivity contribution in [3.05, 3.63) is 58.3 Å². The zero-order valence-corrected chi connectivity index (χ0v) is 12.3. The highest BCUT2D eigenvalue weighted by molar-refractivity contribution is 9.10. The summed E-state index contributed by atoms with van der Waals surface area (Å²) < 4.78 is 2.66. The van der Waals surface area contributed by atoms with E-state index >= 15 is 0 Å². The SMILES string of the molecule is Cc1ccc(-c2nc(C(=O)O)c3ccc(Br)cn23)cc1. The molecule has 2 heterocycles. The summed E-state index contributed by atoms with van der Waals surface area (Å²) in [6.45, 7) is 2.01. The number of carbonyl (C=O) groups is 1. The van der Waals surface area contributed by atoms with Gasteiger partial charge < -0.3 is 5.11 Å². The first-order chi connectivity index (χ1) is 9.56. The molecule has 2 aromatic heterocycles. The van der Waals surface area contributed by atoms with Gasteiger partial charge in [-0.05, 0) is 35.0 Å². The second-order valence-corrected chi connectivity index (χ2v) is 5.47. The zero-order chi connectivity index (χ0) is 14.3. The largest absolute Gasteiger partial charge is 0.476 e. The summed E-state index contributed by atoms with van der Waals surface area (Å²) in [5.74, 6) is -0.401. The van der Waals surface area contributed by atoms with Crippen LogP contribution in [0.3, 0.4) is 0 Å². The first-order valence-corrected chi connectivity index (χ1v) is 6.83. The number of imidazole rings is 1. The number of aromatic carboxylic acids is 1. The van der Waals surface area contributed by atoms with E-state index in [4.69, 9.17) is 0 Å². The van der Waals surface area contributed by atoms with Crippen LogP contribution in [-0.2, 0) is 0 Å². The maximum absolute atomic E-state index is 11.3. The fourth-order valence-corrected chi connectivity index (χ4v) is 2.46. The van der Waals surface area contributed by atoms with Gasteiger partial charge >= 0.3 is 5.97 Å². The summed E-state index contributed by atoms with van der Waals surface area (Å²) in [6, 6.07) is 11.4. The molecule has 4 nitrogen and oxygen atoms in total. The van der Waals surface area contributed by atoms with Gasteiger partial charge in [0.15, 0.2) is 5.69 Å². The van der Waals surface area contributed by atoms with Crippen molar-refractivity contribution in [2.24, 2.45) is 0 Å². The lowest BCUT2D eigenvalue weighted by atomic mass is 10.1. The van der Waals surface area contributed by atoms with Crippen LogP contribution >= 0.6 is 15.9 Å². The molecule has 0 unspecified atom stereocenters. The summed E-state index contributed by atoms with van der Waals surface area (Å²) in [6.07, 6.45) is 1.82. The smallest absolute Gasteiger partial charge is 0.356 e. The predicted octanol–water partition coefficient (Wildman–Crippen LogP) is 3.77. The van der Waals surface area contributed by atoms with Crippen LogP contribution in [0.15, 0.2) is 47.1 Å². The molecule has 100 valence electrons. The number of aromatic nitrogens is 2. The molecule has 0 fully saturated rings. The number of hydrogen-bond acceptors (Lipinski definition) is 2. The van der Waals surface area contributed by atoms with Crippen molar-refractivity contribution in [3.63, 3.8) is 0 Å². The summed E-state index contributed by atoms with van der Waals surface area (Å²) >= 11 is 3.40. The molecule has 0 aliphatic rings. The van der Waals surface area contributed by atoms with Crippen molar-refractivity contribution in [2.45, 2.75) is 6.92 Å². The van der Waals surface area contributed by atoms with Gasteiger partial charge in [-0.2, -0.15) is 0 Å². The van der Waals surface area contributed by atoms with Crippen molar-refractivity contribution >= 4 is 27.4 Å². The standard InChI is InChI=1S/C15H11BrN2O2/c1-9-2-4-10(5-3-9)14-17-13(15(19)20)12-7-6-11(16)8-18(12)14/h2-8H,1H3,(H,19,20). The van der Waals surface area contributed by atoms with Gasteiger partial charge in [-0.25, -0.2) is 9.78 Å². The summed E-state index contributed by atoms with van der Waals surface area (Å²) in [5, 5.41) is 9.27. The average Bonchev–Trinajstić information content (AvgIpc) is 2.78. The van der Waals surface area contributed by atoms with Crippen LogP contribution in [0.25, 0.3) is 16.9 Å². The zero-order valence-electron chi connectivity index (χ0n) is 10.7. The van der Waals surface area contributed by atoms with Gasteiger partial charge in [-0.15, -0.1) is 0 Å². The first kappa shape index (κ1) is 12.9. The van der Waals surface area contributed by atoms with Gasteiger partial charge in [-0.1, -0.05) is 29.8 Å². The monoisotopic (exact) mass is 330 g/mol. The highest BCUT2D eigenvalue weighted by Gasteiger charge is 2.17. The van der Waals surface area contributed by atoms with Crippen molar-refractivity contribution in [1.29, 1.82) is 0 Å². The molecule has 3 rings (SSSR count). The number of aryl methyl sites for hydroxylation is 1. The van der Waals surface area contributed by atoms with Crippen LogP contribution in [0.4, 0.5) is 0 Å². The molecule has 3 aromatic rings. The molecule has 20 heavy (non-hydrogen) atoms. The number of carboxylic acids is 1. The Labute approximate surface area is 123 Å². The molecule has 1 aromatic carbocycles. The minimum absolute atomic E-state index is 0.0630. The lowest BCUT2D eigenvalue weighted by Crippen LogP contribution is -1.97. The summed E-state index contributed by atoms with van der Waals surface area (Å²) in [7, 11) is 0. The van der Waals surface area contributed by atoms with E-state index in [1.54, 1.807) is 10.5 Å². The van der Waals surface area contributed by atoms with Gasteiger partial charge in [0.1, 0.15) is 5.82 Å². The van der Waals surface area contributed by atoms with Crippen LogP contribution in [0, 0.1) is 6.92 Å². The molecule has 0 spiro atoms. The van der Waals surface area contributed by atoms with Gasteiger partial charge in [0.2, 0.25) is 0 Å². The minimum atomic E-state index is -1.02. The molecule has 0 aliphatic carbocycles. The Morgan fingerprint density at radius 1 is 1.20 bits per heavy atom. The summed E-state index contributed by atoms with van der Waals surface area (Å²) in [5.41, 5.74) is 2.68. The fourth-order valence-electron chi connectivity index (χ4n) is 2.12. The minimum Gasteiger partial charge on any atom is -0.476 e. The molecular formula is C15H11BrN2O2. The Kier molecular flexibility index (Phi) is 3.06. The number of fused-ring (bicyclic) bond motifs is 1. The fraction of sp³-hybridized carbons (Fsp3) is 0.0667. The van der Waals surface area contributed by atoms with Crippen LogP contribution < -0.4 is 0 Å². The number of pyridine rings is 1. The average molecular weight is 331 g/mol. The number of benzene rings is 1. The Morgan fingerprint density at radius 3 is 2.55 bits per heavy atom. The Hall–Kier alpha value is -2.14. The highest BCUT2D eigenvalue weighted by atomic mass is 79.9. The van der Waals surface area contributed by atoms with E-state index in [-0.39, 0.29) is 5.69 Å². The molecule has 5 heteroatoms. The third kappa shape index (κ3) is 2.10. The van der Waals surface area contributed by atoms with E-state index in [0.717, 1.165) is 15.6 Å². The Balaban J connectivity index is 2.32. The molecule has 0 radical (unpaired) electrons. The van der Waals surface area contributed by atoms with Crippen molar-refractivity contribution < 1.29 is 9.90 Å². The number of nitrogens with zero attached hydrogens (tertiary/aromatic N) is 2. The van der Waals surface area contributed by atoms with Crippen molar-refractivity contribution in [1.82, 2.24) is 9.38 Å². The second kappa shape index (κ2) is 4.76. The van der Waals surface area contributed by atoms with E-state index in [1.165, 1.54) is 0 Å². The van der Waals surface area contributed by atoms with Crippen LogP contribution in [-0.4, -0.2) is 20.5 Å².